The minimum absolute atomic E-state index is 0.183. The monoisotopic (exact) mass is 312 g/mol. The van der Waals surface area contributed by atoms with Gasteiger partial charge in [0.1, 0.15) is 12.4 Å². The van der Waals surface area contributed by atoms with Crippen LogP contribution in [0.4, 0.5) is 0 Å². The molecule has 1 aromatic heterocycles. The van der Waals surface area contributed by atoms with Crippen LogP contribution in [0.1, 0.15) is 10.4 Å². The summed E-state index contributed by atoms with van der Waals surface area (Å²) in [6.07, 6.45) is 0.691. The molecular formula is C13H13BrO2S. The van der Waals surface area contributed by atoms with Gasteiger partial charge in [-0.25, -0.2) is 0 Å². The molecule has 4 heteroatoms. The van der Waals surface area contributed by atoms with Gasteiger partial charge in [-0.05, 0) is 51.5 Å². The average Bonchev–Trinajstić information content (AvgIpc) is 2.75. The van der Waals surface area contributed by atoms with Crippen molar-refractivity contribution in [1.82, 2.24) is 0 Å². The van der Waals surface area contributed by atoms with Crippen molar-refractivity contribution in [3.8, 4) is 5.75 Å². The maximum absolute atomic E-state index is 8.81. The van der Waals surface area contributed by atoms with Crippen LogP contribution in [0.3, 0.4) is 0 Å². The largest absolute Gasteiger partial charge is 0.488 e. The highest BCUT2D eigenvalue weighted by molar-refractivity contribution is 9.10. The first-order valence-corrected chi connectivity index (χ1v) is 7.01. The van der Waals surface area contributed by atoms with Gasteiger partial charge in [0.2, 0.25) is 0 Å². The molecule has 2 nitrogen and oxygen atoms in total. The highest BCUT2D eigenvalue weighted by Gasteiger charge is 2.02. The lowest BCUT2D eigenvalue weighted by Crippen LogP contribution is -1.94. The summed E-state index contributed by atoms with van der Waals surface area (Å²) >= 11 is 5.15. The molecule has 0 aliphatic heterocycles. The number of rotatable bonds is 5. The number of ether oxygens (including phenoxy) is 1. The minimum Gasteiger partial charge on any atom is -0.488 e. The van der Waals surface area contributed by atoms with Crippen molar-refractivity contribution in [2.24, 2.45) is 0 Å². The van der Waals surface area contributed by atoms with E-state index in [1.54, 1.807) is 11.3 Å². The van der Waals surface area contributed by atoms with Crippen LogP contribution in [0.5, 0.6) is 5.75 Å². The summed E-state index contributed by atoms with van der Waals surface area (Å²) in [4.78, 5) is 1.18. The standard InChI is InChI=1S/C13H13BrO2S/c14-12-6-8-17-13(12)9-16-11-3-1-10(2-4-11)5-7-15/h1-4,6,8,15H,5,7,9H2. The van der Waals surface area contributed by atoms with Gasteiger partial charge in [-0.3, -0.25) is 0 Å². The Labute approximate surface area is 113 Å². The lowest BCUT2D eigenvalue weighted by molar-refractivity contribution is 0.298. The number of hydrogen-bond donors (Lipinski definition) is 1. The topological polar surface area (TPSA) is 29.5 Å². The van der Waals surface area contributed by atoms with Gasteiger partial charge in [0.15, 0.2) is 0 Å². The SMILES string of the molecule is OCCc1ccc(OCc2sccc2Br)cc1. The summed E-state index contributed by atoms with van der Waals surface area (Å²) in [5.74, 6) is 0.854. The molecule has 0 aliphatic carbocycles. The molecule has 0 radical (unpaired) electrons. The Hall–Kier alpha value is -0.840. The van der Waals surface area contributed by atoms with Gasteiger partial charge in [-0.2, -0.15) is 0 Å². The van der Waals surface area contributed by atoms with E-state index < -0.39 is 0 Å². The van der Waals surface area contributed by atoms with Crippen molar-refractivity contribution in [3.63, 3.8) is 0 Å². The first-order chi connectivity index (χ1) is 8.29. The molecule has 90 valence electrons. The van der Waals surface area contributed by atoms with Crippen LogP contribution in [0.25, 0.3) is 0 Å². The summed E-state index contributed by atoms with van der Waals surface area (Å²) in [6, 6.07) is 9.86. The van der Waals surface area contributed by atoms with E-state index >= 15 is 0 Å². The molecule has 0 amide bonds. The fourth-order valence-electron chi connectivity index (χ4n) is 1.46. The highest BCUT2D eigenvalue weighted by Crippen LogP contribution is 2.24. The molecule has 0 fully saturated rings. The van der Waals surface area contributed by atoms with Crippen molar-refractivity contribution < 1.29 is 9.84 Å². The van der Waals surface area contributed by atoms with Crippen LogP contribution in [0, 0.1) is 0 Å². The molecule has 1 heterocycles. The number of halogens is 1. The Morgan fingerprint density at radius 2 is 1.94 bits per heavy atom. The van der Waals surface area contributed by atoms with E-state index in [1.807, 2.05) is 35.7 Å². The normalized spacial score (nSPS) is 10.5. The first kappa shape index (κ1) is 12.6. The summed E-state index contributed by atoms with van der Waals surface area (Å²) < 4.78 is 6.78. The molecule has 17 heavy (non-hydrogen) atoms. The molecule has 1 N–H and O–H groups in total. The number of aliphatic hydroxyl groups is 1. The summed E-state index contributed by atoms with van der Waals surface area (Å²) in [7, 11) is 0. The summed E-state index contributed by atoms with van der Waals surface area (Å²) in [5.41, 5.74) is 1.12. The number of benzene rings is 1. The quantitative estimate of drug-likeness (QED) is 0.913. The van der Waals surface area contributed by atoms with Gasteiger partial charge < -0.3 is 9.84 Å². The minimum atomic E-state index is 0.183. The van der Waals surface area contributed by atoms with Crippen LogP contribution in [-0.2, 0) is 13.0 Å². The third-order valence-electron chi connectivity index (χ3n) is 2.38. The van der Waals surface area contributed by atoms with Crippen molar-refractivity contribution >= 4 is 27.3 Å². The Morgan fingerprint density at radius 1 is 1.18 bits per heavy atom. The maximum atomic E-state index is 8.81. The molecular weight excluding hydrogens is 300 g/mol. The zero-order valence-corrected chi connectivity index (χ0v) is 11.6. The molecule has 0 spiro atoms. The molecule has 0 atom stereocenters. The van der Waals surface area contributed by atoms with Crippen LogP contribution >= 0.6 is 27.3 Å². The highest BCUT2D eigenvalue weighted by atomic mass is 79.9. The predicted octanol–water partition coefficient (Wildman–Crippen LogP) is 3.62. The second-order valence-corrected chi connectivity index (χ2v) is 5.45. The zero-order valence-electron chi connectivity index (χ0n) is 9.23. The number of hydrogen-bond acceptors (Lipinski definition) is 3. The van der Waals surface area contributed by atoms with Gasteiger partial charge >= 0.3 is 0 Å². The van der Waals surface area contributed by atoms with Crippen molar-refractivity contribution in [3.05, 3.63) is 50.6 Å². The molecule has 2 aromatic rings. The third-order valence-corrected chi connectivity index (χ3v) is 4.28. The fourth-order valence-corrected chi connectivity index (χ4v) is 2.84. The Kier molecular flexibility index (Phi) is 4.59. The first-order valence-electron chi connectivity index (χ1n) is 5.34. The molecule has 0 aliphatic rings. The van der Waals surface area contributed by atoms with Crippen molar-refractivity contribution in [2.75, 3.05) is 6.61 Å². The Balaban J connectivity index is 1.93. The van der Waals surface area contributed by atoms with E-state index in [2.05, 4.69) is 15.9 Å². The van der Waals surface area contributed by atoms with E-state index in [0.29, 0.717) is 13.0 Å². The predicted molar refractivity (Wildman–Crippen MR) is 73.6 cm³/mol. The molecule has 0 bridgehead atoms. The van der Waals surface area contributed by atoms with Gasteiger partial charge in [0, 0.05) is 11.1 Å². The van der Waals surface area contributed by atoms with Gasteiger partial charge in [0.05, 0.1) is 4.88 Å². The third kappa shape index (κ3) is 3.56. The molecule has 0 saturated heterocycles. The van der Waals surface area contributed by atoms with Crippen LogP contribution in [-0.4, -0.2) is 11.7 Å². The zero-order chi connectivity index (χ0) is 12.1. The van der Waals surface area contributed by atoms with Gasteiger partial charge in [0.25, 0.3) is 0 Å². The van der Waals surface area contributed by atoms with Crippen LogP contribution in [0.15, 0.2) is 40.2 Å². The lowest BCUT2D eigenvalue weighted by atomic mass is 10.1. The van der Waals surface area contributed by atoms with E-state index in [0.717, 1.165) is 15.8 Å². The van der Waals surface area contributed by atoms with Crippen molar-refractivity contribution in [1.29, 1.82) is 0 Å². The van der Waals surface area contributed by atoms with E-state index in [1.165, 1.54) is 4.88 Å². The Bertz CT molecular complexity index is 465. The number of thiophene rings is 1. The molecule has 2 rings (SSSR count). The van der Waals surface area contributed by atoms with E-state index in [9.17, 15) is 0 Å². The Morgan fingerprint density at radius 3 is 2.53 bits per heavy atom. The molecule has 1 aromatic carbocycles. The smallest absolute Gasteiger partial charge is 0.124 e. The van der Waals surface area contributed by atoms with E-state index in [-0.39, 0.29) is 6.61 Å². The average molecular weight is 313 g/mol. The number of aliphatic hydroxyl groups excluding tert-OH is 1. The van der Waals surface area contributed by atoms with Gasteiger partial charge in [-0.1, -0.05) is 12.1 Å². The van der Waals surface area contributed by atoms with E-state index in [4.69, 9.17) is 9.84 Å². The lowest BCUT2D eigenvalue weighted by Gasteiger charge is -2.06. The second-order valence-electron chi connectivity index (χ2n) is 3.60. The van der Waals surface area contributed by atoms with Crippen LogP contribution in [0.2, 0.25) is 0 Å². The fraction of sp³-hybridized carbons (Fsp3) is 0.231. The van der Waals surface area contributed by atoms with Crippen LogP contribution < -0.4 is 4.74 Å². The second kappa shape index (κ2) is 6.19. The summed E-state index contributed by atoms with van der Waals surface area (Å²) in [5, 5.41) is 10.8. The van der Waals surface area contributed by atoms with Gasteiger partial charge in [-0.15, -0.1) is 11.3 Å². The maximum Gasteiger partial charge on any atom is 0.124 e. The summed E-state index contributed by atoms with van der Waals surface area (Å²) in [6.45, 7) is 0.764. The van der Waals surface area contributed by atoms with Crippen molar-refractivity contribution in [2.45, 2.75) is 13.0 Å². The molecule has 0 unspecified atom stereocenters. The molecule has 0 saturated carbocycles.